The Morgan fingerprint density at radius 3 is 2.69 bits per heavy atom. The highest BCUT2D eigenvalue weighted by Crippen LogP contribution is 2.27. The van der Waals surface area contributed by atoms with Crippen molar-refractivity contribution in [3.05, 3.63) is 29.2 Å². The van der Waals surface area contributed by atoms with Crippen LogP contribution < -0.4 is 5.32 Å². The maximum atomic E-state index is 6.24. The molecule has 2 heterocycles. The molecule has 0 bridgehead atoms. The van der Waals surface area contributed by atoms with Gasteiger partial charge in [-0.2, -0.15) is 5.10 Å². The number of nitrogens with zero attached hydrogens (tertiary/aromatic N) is 4. The fraction of sp³-hybridized carbons (Fsp3) is 0.300. The highest BCUT2D eigenvalue weighted by Gasteiger charge is 2.16. The van der Waals surface area contributed by atoms with E-state index in [0.717, 1.165) is 11.4 Å². The Morgan fingerprint density at radius 2 is 2.06 bits per heavy atom. The van der Waals surface area contributed by atoms with E-state index in [1.54, 1.807) is 23.1 Å². The van der Waals surface area contributed by atoms with Gasteiger partial charge in [-0.1, -0.05) is 11.6 Å². The molecule has 0 aliphatic carbocycles. The van der Waals surface area contributed by atoms with Gasteiger partial charge in [0.05, 0.1) is 10.7 Å². The van der Waals surface area contributed by atoms with Gasteiger partial charge in [0.15, 0.2) is 5.82 Å². The highest BCUT2D eigenvalue weighted by atomic mass is 35.5. The molecule has 0 aliphatic heterocycles. The molecule has 2 aromatic rings. The Labute approximate surface area is 98.5 Å². The lowest BCUT2D eigenvalue weighted by Gasteiger charge is -1.99. The van der Waals surface area contributed by atoms with Gasteiger partial charge in [-0.15, -0.1) is 0 Å². The zero-order valence-corrected chi connectivity index (χ0v) is 9.86. The van der Waals surface area contributed by atoms with E-state index in [0.29, 0.717) is 17.4 Å². The molecule has 0 aliphatic rings. The van der Waals surface area contributed by atoms with Crippen LogP contribution >= 0.6 is 11.6 Å². The molecule has 84 valence electrons. The fourth-order valence-electron chi connectivity index (χ4n) is 1.50. The lowest BCUT2D eigenvalue weighted by atomic mass is 10.3. The lowest BCUT2D eigenvalue weighted by Crippen LogP contribution is -2.06. The molecule has 0 aromatic carbocycles. The number of rotatable bonds is 3. The standard InChI is InChI=1S/C10H12ClN5/c1-12-6-7-8(11)9(16(2)15-7)10-13-4-3-5-14-10/h3-5,12H,6H2,1-2H3. The summed E-state index contributed by atoms with van der Waals surface area (Å²) in [7, 11) is 3.68. The van der Waals surface area contributed by atoms with Gasteiger partial charge in [0.25, 0.3) is 0 Å². The van der Waals surface area contributed by atoms with Crippen LogP contribution in [-0.4, -0.2) is 26.8 Å². The number of hydrogen-bond donors (Lipinski definition) is 1. The zero-order valence-electron chi connectivity index (χ0n) is 9.11. The maximum absolute atomic E-state index is 6.24. The summed E-state index contributed by atoms with van der Waals surface area (Å²) < 4.78 is 1.70. The van der Waals surface area contributed by atoms with Crippen LogP contribution in [0.3, 0.4) is 0 Å². The normalized spacial score (nSPS) is 10.7. The lowest BCUT2D eigenvalue weighted by molar-refractivity contribution is 0.714. The van der Waals surface area contributed by atoms with Gasteiger partial charge < -0.3 is 5.32 Å². The van der Waals surface area contributed by atoms with Crippen molar-refractivity contribution in [2.24, 2.45) is 7.05 Å². The molecule has 0 saturated heterocycles. The molecule has 0 amide bonds. The molecule has 0 saturated carbocycles. The smallest absolute Gasteiger partial charge is 0.179 e. The van der Waals surface area contributed by atoms with Gasteiger partial charge in [0, 0.05) is 26.0 Å². The van der Waals surface area contributed by atoms with Crippen LogP contribution in [-0.2, 0) is 13.6 Å². The van der Waals surface area contributed by atoms with Crippen LogP contribution in [0.1, 0.15) is 5.69 Å². The number of aryl methyl sites for hydroxylation is 1. The number of hydrogen-bond acceptors (Lipinski definition) is 4. The van der Waals surface area contributed by atoms with E-state index in [9.17, 15) is 0 Å². The first-order chi connectivity index (χ1) is 7.74. The Hall–Kier alpha value is -1.46. The predicted molar refractivity (Wildman–Crippen MR) is 62.0 cm³/mol. The number of halogens is 1. The summed E-state index contributed by atoms with van der Waals surface area (Å²) in [6, 6.07) is 1.77. The molecular weight excluding hydrogens is 226 g/mol. The van der Waals surface area contributed by atoms with Crippen LogP contribution in [0.25, 0.3) is 11.5 Å². The van der Waals surface area contributed by atoms with E-state index < -0.39 is 0 Å². The maximum Gasteiger partial charge on any atom is 0.179 e. The first-order valence-corrected chi connectivity index (χ1v) is 5.25. The molecule has 0 atom stereocenters. The first-order valence-electron chi connectivity index (χ1n) is 4.87. The molecule has 0 unspecified atom stereocenters. The average molecular weight is 238 g/mol. The van der Waals surface area contributed by atoms with Crippen molar-refractivity contribution in [1.29, 1.82) is 0 Å². The summed E-state index contributed by atoms with van der Waals surface area (Å²) in [6.45, 7) is 0.625. The third kappa shape index (κ3) is 1.91. The summed E-state index contributed by atoms with van der Waals surface area (Å²) in [5, 5.41) is 7.93. The molecular formula is C10H12ClN5. The molecule has 2 rings (SSSR count). The minimum Gasteiger partial charge on any atom is -0.314 e. The second kappa shape index (κ2) is 4.59. The van der Waals surface area contributed by atoms with Gasteiger partial charge in [-0.05, 0) is 13.1 Å². The Balaban J connectivity index is 2.49. The van der Waals surface area contributed by atoms with Crippen molar-refractivity contribution in [1.82, 2.24) is 25.1 Å². The molecule has 16 heavy (non-hydrogen) atoms. The third-order valence-corrected chi connectivity index (χ3v) is 2.57. The van der Waals surface area contributed by atoms with Crippen LogP contribution in [0.15, 0.2) is 18.5 Å². The first kappa shape index (κ1) is 11.0. The monoisotopic (exact) mass is 237 g/mol. The van der Waals surface area contributed by atoms with Gasteiger partial charge in [-0.25, -0.2) is 9.97 Å². The van der Waals surface area contributed by atoms with E-state index in [-0.39, 0.29) is 0 Å². The summed E-state index contributed by atoms with van der Waals surface area (Å²) in [5.74, 6) is 0.588. The van der Waals surface area contributed by atoms with Crippen LogP contribution in [0.2, 0.25) is 5.02 Å². The second-order valence-electron chi connectivity index (χ2n) is 3.34. The SMILES string of the molecule is CNCc1nn(C)c(-c2ncccn2)c1Cl. The fourth-order valence-corrected chi connectivity index (χ4v) is 1.81. The van der Waals surface area contributed by atoms with Crippen molar-refractivity contribution < 1.29 is 0 Å². The van der Waals surface area contributed by atoms with E-state index in [1.807, 2.05) is 14.1 Å². The molecule has 1 N–H and O–H groups in total. The third-order valence-electron chi connectivity index (χ3n) is 2.18. The average Bonchev–Trinajstić information content (AvgIpc) is 2.56. The van der Waals surface area contributed by atoms with Crippen molar-refractivity contribution in [2.75, 3.05) is 7.05 Å². The van der Waals surface area contributed by atoms with E-state index in [2.05, 4.69) is 20.4 Å². The Morgan fingerprint density at radius 1 is 1.38 bits per heavy atom. The Kier molecular flexibility index (Phi) is 3.17. The molecule has 2 aromatic heterocycles. The summed E-state index contributed by atoms with van der Waals surface area (Å²) in [6.07, 6.45) is 3.37. The highest BCUT2D eigenvalue weighted by molar-refractivity contribution is 6.33. The Bertz CT molecular complexity index is 479. The predicted octanol–water partition coefficient (Wildman–Crippen LogP) is 1.25. The summed E-state index contributed by atoms with van der Waals surface area (Å²) in [4.78, 5) is 8.33. The van der Waals surface area contributed by atoms with Crippen LogP contribution in [0.4, 0.5) is 0 Å². The molecule has 0 spiro atoms. The largest absolute Gasteiger partial charge is 0.314 e. The van der Waals surface area contributed by atoms with Crippen molar-refractivity contribution in [3.63, 3.8) is 0 Å². The zero-order chi connectivity index (χ0) is 11.5. The second-order valence-corrected chi connectivity index (χ2v) is 3.71. The van der Waals surface area contributed by atoms with E-state index in [4.69, 9.17) is 11.6 Å². The minimum absolute atomic E-state index is 0.588. The summed E-state index contributed by atoms with van der Waals surface area (Å²) in [5.41, 5.74) is 1.54. The van der Waals surface area contributed by atoms with Crippen molar-refractivity contribution in [3.8, 4) is 11.5 Å². The molecule has 6 heteroatoms. The topological polar surface area (TPSA) is 55.6 Å². The molecule has 0 radical (unpaired) electrons. The van der Waals surface area contributed by atoms with Gasteiger partial charge in [0.2, 0.25) is 0 Å². The van der Waals surface area contributed by atoms with Crippen LogP contribution in [0, 0.1) is 0 Å². The van der Waals surface area contributed by atoms with Gasteiger partial charge in [-0.3, -0.25) is 4.68 Å². The van der Waals surface area contributed by atoms with Gasteiger partial charge in [0.1, 0.15) is 5.69 Å². The number of nitrogens with one attached hydrogen (secondary N) is 1. The van der Waals surface area contributed by atoms with Crippen LogP contribution in [0.5, 0.6) is 0 Å². The van der Waals surface area contributed by atoms with E-state index in [1.165, 1.54) is 0 Å². The summed E-state index contributed by atoms with van der Waals surface area (Å²) >= 11 is 6.24. The van der Waals surface area contributed by atoms with E-state index >= 15 is 0 Å². The molecule has 5 nitrogen and oxygen atoms in total. The van der Waals surface area contributed by atoms with Crippen molar-refractivity contribution in [2.45, 2.75) is 6.54 Å². The van der Waals surface area contributed by atoms with Crippen molar-refractivity contribution >= 4 is 11.6 Å². The van der Waals surface area contributed by atoms with Gasteiger partial charge >= 0.3 is 0 Å². The minimum atomic E-state index is 0.588. The quantitative estimate of drug-likeness (QED) is 0.873. The molecule has 0 fully saturated rings. The number of aromatic nitrogens is 4.